The lowest BCUT2D eigenvalue weighted by Crippen LogP contribution is -2.35. The minimum atomic E-state index is -0.156. The summed E-state index contributed by atoms with van der Waals surface area (Å²) < 4.78 is 5.89. The second kappa shape index (κ2) is 8.83. The summed E-state index contributed by atoms with van der Waals surface area (Å²) in [5.74, 6) is 2.11. The van der Waals surface area contributed by atoms with Gasteiger partial charge in [-0.05, 0) is 53.6 Å². The van der Waals surface area contributed by atoms with Crippen molar-refractivity contribution >= 4 is 17.0 Å². The fraction of sp³-hybridized carbons (Fsp3) is 0.269. The number of piperidine rings is 1. The first kappa shape index (κ1) is 20.2. The summed E-state index contributed by atoms with van der Waals surface area (Å²) in [5, 5.41) is 0.514. The van der Waals surface area contributed by atoms with E-state index in [0.29, 0.717) is 29.5 Å². The van der Waals surface area contributed by atoms with Crippen molar-refractivity contribution in [2.24, 2.45) is 5.92 Å². The SMILES string of the molecule is CC1CCN(c2nc3nccc(-c4ccc(OCc5ccccc5)cc4)c3c(=O)[nH]2)CC1. The highest BCUT2D eigenvalue weighted by Gasteiger charge is 2.19. The van der Waals surface area contributed by atoms with Crippen molar-refractivity contribution in [1.29, 1.82) is 0 Å². The lowest BCUT2D eigenvalue weighted by molar-refractivity contribution is 0.306. The molecule has 0 atom stereocenters. The highest BCUT2D eigenvalue weighted by molar-refractivity contribution is 5.92. The second-order valence-electron chi connectivity index (χ2n) is 8.41. The molecule has 0 radical (unpaired) electrons. The molecule has 1 N–H and O–H groups in total. The zero-order chi connectivity index (χ0) is 21.9. The van der Waals surface area contributed by atoms with E-state index in [-0.39, 0.29) is 5.56 Å². The number of aromatic amines is 1. The van der Waals surface area contributed by atoms with E-state index >= 15 is 0 Å². The number of aromatic nitrogens is 3. The van der Waals surface area contributed by atoms with Crippen LogP contribution in [-0.2, 0) is 6.61 Å². The van der Waals surface area contributed by atoms with Gasteiger partial charge in [-0.15, -0.1) is 0 Å². The number of nitrogens with one attached hydrogen (secondary N) is 1. The number of nitrogens with zero attached hydrogens (tertiary/aromatic N) is 3. The van der Waals surface area contributed by atoms with Gasteiger partial charge in [-0.1, -0.05) is 49.4 Å². The monoisotopic (exact) mass is 426 g/mol. The van der Waals surface area contributed by atoms with E-state index in [1.165, 1.54) is 0 Å². The molecular weight excluding hydrogens is 400 g/mol. The number of hydrogen-bond acceptors (Lipinski definition) is 5. The second-order valence-corrected chi connectivity index (χ2v) is 8.41. The van der Waals surface area contributed by atoms with Gasteiger partial charge in [-0.2, -0.15) is 4.98 Å². The first-order valence-corrected chi connectivity index (χ1v) is 11.1. The normalized spacial score (nSPS) is 14.6. The minimum absolute atomic E-state index is 0.156. The van der Waals surface area contributed by atoms with Crippen LogP contribution in [0.4, 0.5) is 5.95 Å². The predicted molar refractivity (Wildman–Crippen MR) is 127 cm³/mol. The number of pyridine rings is 1. The largest absolute Gasteiger partial charge is 0.489 e. The van der Waals surface area contributed by atoms with E-state index in [1.807, 2.05) is 60.7 Å². The first-order valence-electron chi connectivity index (χ1n) is 11.1. The molecule has 5 rings (SSSR count). The number of anilines is 1. The Morgan fingerprint density at radius 2 is 1.78 bits per heavy atom. The third-order valence-electron chi connectivity index (χ3n) is 6.09. The average molecular weight is 427 g/mol. The predicted octanol–water partition coefficient (Wildman–Crippen LogP) is 4.80. The van der Waals surface area contributed by atoms with Gasteiger partial charge in [0.05, 0.1) is 5.39 Å². The van der Waals surface area contributed by atoms with Crippen LogP contribution in [0.15, 0.2) is 71.7 Å². The summed E-state index contributed by atoms with van der Waals surface area (Å²) in [5.41, 5.74) is 3.18. The van der Waals surface area contributed by atoms with Crippen molar-refractivity contribution in [2.75, 3.05) is 18.0 Å². The average Bonchev–Trinajstić information content (AvgIpc) is 2.84. The summed E-state index contributed by atoms with van der Waals surface area (Å²) in [6, 6.07) is 19.7. The third-order valence-corrected chi connectivity index (χ3v) is 6.09. The summed E-state index contributed by atoms with van der Waals surface area (Å²) >= 11 is 0. The van der Waals surface area contributed by atoms with E-state index in [1.54, 1.807) is 6.20 Å². The van der Waals surface area contributed by atoms with Crippen molar-refractivity contribution in [3.05, 3.63) is 82.8 Å². The Kier molecular flexibility index (Phi) is 5.58. The molecule has 162 valence electrons. The van der Waals surface area contributed by atoms with Crippen LogP contribution >= 0.6 is 0 Å². The highest BCUT2D eigenvalue weighted by Crippen LogP contribution is 2.28. The van der Waals surface area contributed by atoms with Gasteiger partial charge in [0.15, 0.2) is 5.65 Å². The molecule has 4 aromatic rings. The topological polar surface area (TPSA) is 71.1 Å². The molecule has 3 heterocycles. The number of fused-ring (bicyclic) bond motifs is 1. The Morgan fingerprint density at radius 1 is 1.03 bits per heavy atom. The number of rotatable bonds is 5. The zero-order valence-corrected chi connectivity index (χ0v) is 18.1. The third kappa shape index (κ3) is 4.21. The minimum Gasteiger partial charge on any atom is -0.489 e. The molecule has 6 heteroatoms. The first-order chi connectivity index (χ1) is 15.7. The molecule has 1 fully saturated rings. The van der Waals surface area contributed by atoms with Crippen LogP contribution in [-0.4, -0.2) is 28.0 Å². The Balaban J connectivity index is 1.41. The summed E-state index contributed by atoms with van der Waals surface area (Å²) in [7, 11) is 0. The maximum atomic E-state index is 13.0. The maximum Gasteiger partial charge on any atom is 0.262 e. The molecule has 0 amide bonds. The number of hydrogen-bond donors (Lipinski definition) is 1. The molecule has 32 heavy (non-hydrogen) atoms. The van der Waals surface area contributed by atoms with Gasteiger partial charge in [0.25, 0.3) is 5.56 Å². The van der Waals surface area contributed by atoms with Gasteiger partial charge in [0.2, 0.25) is 5.95 Å². The van der Waals surface area contributed by atoms with Gasteiger partial charge in [-0.25, -0.2) is 4.98 Å². The lowest BCUT2D eigenvalue weighted by atomic mass is 10.00. The van der Waals surface area contributed by atoms with E-state index in [0.717, 1.165) is 48.4 Å². The molecule has 1 saturated heterocycles. The zero-order valence-electron chi connectivity index (χ0n) is 18.1. The standard InChI is InChI=1S/C26H26N4O2/c1-18-12-15-30(16-13-18)26-28-24-23(25(31)29-26)22(11-14-27-24)20-7-9-21(10-8-20)32-17-19-5-3-2-4-6-19/h2-11,14,18H,12-13,15-17H2,1H3,(H,27,28,29,31). The van der Waals surface area contributed by atoms with Crippen LogP contribution in [0.1, 0.15) is 25.3 Å². The molecule has 0 aliphatic carbocycles. The molecule has 1 aliphatic rings. The van der Waals surface area contributed by atoms with Crippen LogP contribution in [0.3, 0.4) is 0 Å². The van der Waals surface area contributed by atoms with Gasteiger partial charge >= 0.3 is 0 Å². The fourth-order valence-electron chi connectivity index (χ4n) is 4.13. The Morgan fingerprint density at radius 3 is 2.53 bits per heavy atom. The van der Waals surface area contributed by atoms with E-state index in [9.17, 15) is 4.79 Å². The number of H-pyrrole nitrogens is 1. The van der Waals surface area contributed by atoms with Crippen molar-refractivity contribution in [3.8, 4) is 16.9 Å². The van der Waals surface area contributed by atoms with Gasteiger partial charge in [-0.3, -0.25) is 9.78 Å². The van der Waals surface area contributed by atoms with Crippen molar-refractivity contribution in [2.45, 2.75) is 26.4 Å². The summed E-state index contributed by atoms with van der Waals surface area (Å²) in [4.78, 5) is 27.3. The molecular formula is C26H26N4O2. The van der Waals surface area contributed by atoms with Crippen LogP contribution in [0, 0.1) is 5.92 Å². The quantitative estimate of drug-likeness (QED) is 0.496. The van der Waals surface area contributed by atoms with Crippen LogP contribution < -0.4 is 15.2 Å². The molecule has 1 aliphatic heterocycles. The van der Waals surface area contributed by atoms with Crippen molar-refractivity contribution in [3.63, 3.8) is 0 Å². The van der Waals surface area contributed by atoms with Gasteiger partial charge in [0, 0.05) is 19.3 Å². The molecule has 2 aromatic heterocycles. The van der Waals surface area contributed by atoms with Crippen molar-refractivity contribution < 1.29 is 4.74 Å². The molecule has 0 bridgehead atoms. The molecule has 2 aromatic carbocycles. The van der Waals surface area contributed by atoms with Gasteiger partial charge in [0.1, 0.15) is 12.4 Å². The van der Waals surface area contributed by atoms with E-state index in [4.69, 9.17) is 4.74 Å². The number of ether oxygens (including phenoxy) is 1. The molecule has 0 unspecified atom stereocenters. The molecule has 0 saturated carbocycles. The Bertz CT molecular complexity index is 1260. The Labute approximate surface area is 186 Å². The lowest BCUT2D eigenvalue weighted by Gasteiger charge is -2.30. The van der Waals surface area contributed by atoms with Crippen LogP contribution in [0.5, 0.6) is 5.75 Å². The number of benzene rings is 2. The van der Waals surface area contributed by atoms with E-state index in [2.05, 4.69) is 26.8 Å². The Hall–Kier alpha value is -3.67. The van der Waals surface area contributed by atoms with Crippen molar-refractivity contribution in [1.82, 2.24) is 15.0 Å². The summed E-state index contributed by atoms with van der Waals surface area (Å²) in [6.45, 7) is 4.58. The van der Waals surface area contributed by atoms with Gasteiger partial charge < -0.3 is 9.64 Å². The van der Waals surface area contributed by atoms with E-state index < -0.39 is 0 Å². The molecule has 6 nitrogen and oxygen atoms in total. The fourth-order valence-corrected chi connectivity index (χ4v) is 4.13. The highest BCUT2D eigenvalue weighted by atomic mass is 16.5. The van der Waals surface area contributed by atoms with Crippen LogP contribution in [0.25, 0.3) is 22.2 Å². The van der Waals surface area contributed by atoms with Crippen LogP contribution in [0.2, 0.25) is 0 Å². The summed E-state index contributed by atoms with van der Waals surface area (Å²) in [6.07, 6.45) is 3.92. The molecule has 0 spiro atoms. The maximum absolute atomic E-state index is 13.0. The smallest absolute Gasteiger partial charge is 0.262 e.